The van der Waals surface area contributed by atoms with E-state index in [-0.39, 0.29) is 50.8 Å². The second-order valence-electron chi connectivity index (χ2n) is 14.4. The number of ether oxygens (including phenoxy) is 6. The van der Waals surface area contributed by atoms with Gasteiger partial charge in [-0.25, -0.2) is 23.6 Å². The third kappa shape index (κ3) is 19.8. The summed E-state index contributed by atoms with van der Waals surface area (Å²) in [5.74, 6) is -5.00. The van der Waals surface area contributed by atoms with Crippen molar-refractivity contribution < 1.29 is 65.7 Å². The summed E-state index contributed by atoms with van der Waals surface area (Å²) in [6, 6.07) is 10.9. The minimum absolute atomic E-state index is 0.0727. The molecule has 3 amide bonds. The lowest BCUT2D eigenvalue weighted by Crippen LogP contribution is -2.27. The normalized spacial score (nSPS) is 11.1. The van der Waals surface area contributed by atoms with Crippen LogP contribution in [-0.4, -0.2) is 133 Å². The van der Waals surface area contributed by atoms with Crippen molar-refractivity contribution in [2.75, 3.05) is 127 Å². The number of aromatic nitrogens is 1. The number of benzene rings is 3. The number of nitrogens with zero attached hydrogens (tertiary/aromatic N) is 2. The quantitative estimate of drug-likeness (QED) is 0.0182. The predicted molar refractivity (Wildman–Crippen MR) is 247 cm³/mol. The number of carbonyl (C=O) groups is 3. The Morgan fingerprint density at radius 2 is 1.28 bits per heavy atom. The van der Waals surface area contributed by atoms with Crippen LogP contribution < -0.4 is 32.1 Å². The largest absolute Gasteiger partial charge is 0.383 e. The van der Waals surface area contributed by atoms with E-state index in [1.54, 1.807) is 25.1 Å². The van der Waals surface area contributed by atoms with Gasteiger partial charge in [-0.3, -0.25) is 34.7 Å². The number of thiazole rings is 1. The Labute approximate surface area is 395 Å². The lowest BCUT2D eigenvalue weighted by molar-refractivity contribution is -0.380. The standard InChI is InChI=1S/C44H57F3N8O12S/c1-29-5-10-37(36(46)27-29)52-40-34(8-9-35(45)39(40)47)42(58)54-67-14-4-11-48-12-15-61-17-19-63-21-23-65-25-26-66-24-22-64-20-18-62-16-13-49-32-6-7-33(38(28-32)51-31(3)56)41(57)53-44-50-30(2)43(68-44)55(59)60/h5-10,27-28,48-49,52H,4,11-26H2,1-3H3,(H,51,56)(H,54,58)(H,50,53,57). The van der Waals surface area contributed by atoms with E-state index in [0.29, 0.717) is 117 Å². The number of nitro groups is 1. The van der Waals surface area contributed by atoms with Crippen LogP contribution in [0.1, 0.15) is 45.3 Å². The van der Waals surface area contributed by atoms with Gasteiger partial charge in [-0.05, 0) is 86.2 Å². The minimum Gasteiger partial charge on any atom is -0.383 e. The molecule has 68 heavy (non-hydrogen) atoms. The van der Waals surface area contributed by atoms with Crippen molar-refractivity contribution in [3.05, 3.63) is 98.5 Å². The highest BCUT2D eigenvalue weighted by Gasteiger charge is 2.22. The Morgan fingerprint density at radius 3 is 1.87 bits per heavy atom. The van der Waals surface area contributed by atoms with Gasteiger partial charge >= 0.3 is 5.00 Å². The second kappa shape index (κ2) is 30.5. The molecule has 0 aliphatic carbocycles. The molecule has 0 fully saturated rings. The highest BCUT2D eigenvalue weighted by atomic mass is 32.1. The van der Waals surface area contributed by atoms with Crippen LogP contribution in [0, 0.1) is 41.4 Å². The second-order valence-corrected chi connectivity index (χ2v) is 15.4. The summed E-state index contributed by atoms with van der Waals surface area (Å²) in [5.41, 5.74) is 3.19. The lowest BCUT2D eigenvalue weighted by Gasteiger charge is -2.14. The fourth-order valence-corrected chi connectivity index (χ4v) is 6.60. The predicted octanol–water partition coefficient (Wildman–Crippen LogP) is 5.89. The number of rotatable bonds is 34. The average Bonchev–Trinajstić information content (AvgIpc) is 3.67. The lowest BCUT2D eigenvalue weighted by atomic mass is 10.1. The molecule has 24 heteroatoms. The third-order valence-electron chi connectivity index (χ3n) is 9.08. The van der Waals surface area contributed by atoms with Crippen molar-refractivity contribution in [2.45, 2.75) is 27.2 Å². The monoisotopic (exact) mass is 978 g/mol. The van der Waals surface area contributed by atoms with Crippen molar-refractivity contribution in [1.29, 1.82) is 0 Å². The molecule has 0 aliphatic heterocycles. The fourth-order valence-electron chi connectivity index (χ4n) is 5.82. The molecule has 4 rings (SSSR count). The van der Waals surface area contributed by atoms with E-state index in [2.05, 4.69) is 37.0 Å². The number of hydrogen-bond donors (Lipinski definition) is 6. The Hall–Kier alpha value is -5.83. The minimum atomic E-state index is -1.32. The van der Waals surface area contributed by atoms with Gasteiger partial charge in [0.15, 0.2) is 16.8 Å². The zero-order valence-corrected chi connectivity index (χ0v) is 38.8. The van der Waals surface area contributed by atoms with Crippen LogP contribution in [0.5, 0.6) is 0 Å². The Kier molecular flexibility index (Phi) is 24.6. The van der Waals surface area contributed by atoms with Gasteiger partial charge in [-0.15, -0.1) is 0 Å². The molecule has 0 radical (unpaired) electrons. The topological polar surface area (TPSA) is 244 Å². The molecule has 3 aromatic carbocycles. The first-order chi connectivity index (χ1) is 32.8. The van der Waals surface area contributed by atoms with Crippen molar-refractivity contribution in [1.82, 2.24) is 15.8 Å². The van der Waals surface area contributed by atoms with E-state index in [1.165, 1.54) is 32.0 Å². The van der Waals surface area contributed by atoms with Gasteiger partial charge < -0.3 is 49.7 Å². The van der Waals surface area contributed by atoms with Crippen LogP contribution in [0.4, 0.5) is 46.1 Å². The molecule has 0 bridgehead atoms. The molecule has 6 N–H and O–H groups in total. The average molecular weight is 979 g/mol. The summed E-state index contributed by atoms with van der Waals surface area (Å²) < 4.78 is 76.0. The summed E-state index contributed by atoms with van der Waals surface area (Å²) >= 11 is 0.745. The Bertz CT molecular complexity index is 2240. The Morgan fingerprint density at radius 1 is 0.676 bits per heavy atom. The maximum Gasteiger partial charge on any atom is 0.348 e. The molecule has 372 valence electrons. The molecule has 0 spiro atoms. The first-order valence-corrected chi connectivity index (χ1v) is 22.3. The van der Waals surface area contributed by atoms with Crippen molar-refractivity contribution >= 4 is 61.9 Å². The van der Waals surface area contributed by atoms with Gasteiger partial charge in [-0.1, -0.05) is 6.07 Å². The highest BCUT2D eigenvalue weighted by molar-refractivity contribution is 7.19. The first kappa shape index (κ1) is 54.8. The van der Waals surface area contributed by atoms with Gasteiger partial charge in [0.1, 0.15) is 11.5 Å². The first-order valence-electron chi connectivity index (χ1n) is 21.5. The van der Waals surface area contributed by atoms with Crippen LogP contribution in [0.3, 0.4) is 0 Å². The highest BCUT2D eigenvalue weighted by Crippen LogP contribution is 2.31. The summed E-state index contributed by atoms with van der Waals surface area (Å²) in [5, 5.41) is 25.0. The van der Waals surface area contributed by atoms with Gasteiger partial charge in [0.05, 0.1) is 119 Å². The van der Waals surface area contributed by atoms with Crippen LogP contribution in [0.2, 0.25) is 0 Å². The zero-order valence-electron chi connectivity index (χ0n) is 38.0. The maximum absolute atomic E-state index is 14.6. The van der Waals surface area contributed by atoms with Crippen LogP contribution >= 0.6 is 11.3 Å². The number of halogens is 3. The van der Waals surface area contributed by atoms with Gasteiger partial charge in [0, 0.05) is 25.7 Å². The number of aryl methyl sites for hydroxylation is 2. The summed E-state index contributed by atoms with van der Waals surface area (Å²) in [6.07, 6.45) is 0.532. The van der Waals surface area contributed by atoms with Gasteiger partial charge in [0.25, 0.3) is 11.8 Å². The smallest absolute Gasteiger partial charge is 0.348 e. The number of nitrogens with one attached hydrogen (secondary N) is 6. The number of carbonyl (C=O) groups excluding carboxylic acids is 3. The number of amides is 3. The molecule has 1 aromatic heterocycles. The van der Waals surface area contributed by atoms with Gasteiger partial charge in [-0.2, -0.15) is 0 Å². The van der Waals surface area contributed by atoms with E-state index >= 15 is 0 Å². The molecule has 0 saturated carbocycles. The van der Waals surface area contributed by atoms with E-state index in [0.717, 1.165) is 23.5 Å². The van der Waals surface area contributed by atoms with Crippen LogP contribution in [0.15, 0.2) is 48.5 Å². The molecular weight excluding hydrogens is 922 g/mol. The van der Waals surface area contributed by atoms with E-state index < -0.39 is 39.9 Å². The molecule has 0 aliphatic rings. The number of hydrogen-bond acceptors (Lipinski definition) is 17. The SMILES string of the molecule is CC(=O)Nc1cc(NCCOCCOCCOCCOCCOCCOCCNCCCONC(=O)c2ccc(F)c(F)c2Nc2ccc(C)cc2F)ccc1C(=O)Nc1nc(C)c([N+](=O)[O-])s1. The Balaban J connectivity index is 0.897. The zero-order chi connectivity index (χ0) is 49.1. The van der Waals surface area contributed by atoms with Gasteiger partial charge in [0.2, 0.25) is 5.91 Å². The van der Waals surface area contributed by atoms with Crippen molar-refractivity contribution in [2.24, 2.45) is 0 Å². The summed E-state index contributed by atoms with van der Waals surface area (Å²) in [4.78, 5) is 57.1. The molecule has 1 heterocycles. The summed E-state index contributed by atoms with van der Waals surface area (Å²) in [7, 11) is 0. The van der Waals surface area contributed by atoms with Crippen LogP contribution in [-0.2, 0) is 38.1 Å². The number of hydroxylamine groups is 1. The number of anilines is 5. The molecule has 4 aromatic rings. The van der Waals surface area contributed by atoms with Crippen molar-refractivity contribution in [3.63, 3.8) is 0 Å². The summed E-state index contributed by atoms with van der Waals surface area (Å²) in [6.45, 7) is 11.0. The van der Waals surface area contributed by atoms with E-state index in [9.17, 15) is 37.7 Å². The molecule has 0 unspecified atom stereocenters. The maximum atomic E-state index is 14.6. The molecule has 0 saturated heterocycles. The van der Waals surface area contributed by atoms with E-state index in [1.807, 2.05) is 0 Å². The fraction of sp³-hybridized carbons (Fsp3) is 0.455. The van der Waals surface area contributed by atoms with Crippen molar-refractivity contribution in [3.8, 4) is 0 Å². The third-order valence-corrected chi connectivity index (χ3v) is 10.1. The molecule has 0 atom stereocenters. The molecular formula is C44H57F3N8O12S. The van der Waals surface area contributed by atoms with Crippen LogP contribution in [0.25, 0.3) is 0 Å². The molecule has 20 nitrogen and oxygen atoms in total. The van der Waals surface area contributed by atoms with E-state index in [4.69, 9.17) is 33.3 Å².